The molecule has 2 bridgehead atoms. The Kier molecular flexibility index (Phi) is 8.58. The second-order valence-electron chi connectivity index (χ2n) is 12.7. The second kappa shape index (κ2) is 12.3. The predicted molar refractivity (Wildman–Crippen MR) is 170 cm³/mol. The molecule has 1 saturated carbocycles. The Morgan fingerprint density at radius 2 is 1.89 bits per heavy atom. The molecule has 9 nitrogen and oxygen atoms in total. The Hall–Kier alpha value is -3.24. The number of hydrogen-bond donors (Lipinski definition) is 2. The van der Waals surface area contributed by atoms with Crippen LogP contribution >= 0.6 is 11.6 Å². The molecule has 2 aromatic rings. The van der Waals surface area contributed by atoms with Gasteiger partial charge < -0.3 is 19.7 Å². The van der Waals surface area contributed by atoms with Gasteiger partial charge >= 0.3 is 6.09 Å². The maximum absolute atomic E-state index is 13.4. The molecular formula is C33H40ClN3O6S. The number of hydrogen-bond acceptors (Lipinski definition) is 7. The van der Waals surface area contributed by atoms with Crippen LogP contribution < -0.4 is 19.7 Å². The number of benzene rings is 2. The van der Waals surface area contributed by atoms with Crippen molar-refractivity contribution in [1.29, 1.82) is 0 Å². The summed E-state index contributed by atoms with van der Waals surface area (Å²) in [6, 6.07) is 11.0. The lowest BCUT2D eigenvalue weighted by Crippen LogP contribution is -2.52. The highest BCUT2D eigenvalue weighted by molar-refractivity contribution is 7.90. The number of allylic oxidation sites excluding steroid dienone is 1. The fourth-order valence-corrected chi connectivity index (χ4v) is 8.41. The smallest absolute Gasteiger partial charge is 0.408 e. The van der Waals surface area contributed by atoms with E-state index < -0.39 is 32.9 Å². The van der Waals surface area contributed by atoms with Gasteiger partial charge in [-0.2, -0.15) is 0 Å². The number of fused-ring (bicyclic) bond motifs is 4. The fourth-order valence-electron chi connectivity index (χ4n) is 6.93. The van der Waals surface area contributed by atoms with Crippen LogP contribution in [0.25, 0.3) is 0 Å². The molecule has 2 N–H and O–H groups in total. The average molecular weight is 642 g/mol. The monoisotopic (exact) mass is 641 g/mol. The molecule has 5 atom stereocenters. The van der Waals surface area contributed by atoms with E-state index in [0.29, 0.717) is 43.4 Å². The number of anilines is 1. The van der Waals surface area contributed by atoms with E-state index in [0.717, 1.165) is 48.9 Å². The summed E-state index contributed by atoms with van der Waals surface area (Å²) in [6.07, 6.45) is 8.54. The predicted octanol–water partition coefficient (Wildman–Crippen LogP) is 5.61. The Bertz CT molecular complexity index is 1580. The summed E-state index contributed by atoms with van der Waals surface area (Å²) in [5, 5.41) is 2.73. The molecule has 3 heterocycles. The van der Waals surface area contributed by atoms with E-state index in [1.54, 1.807) is 25.1 Å². The molecule has 11 heteroatoms. The van der Waals surface area contributed by atoms with Crippen molar-refractivity contribution in [3.63, 3.8) is 0 Å². The van der Waals surface area contributed by atoms with Crippen molar-refractivity contribution >= 4 is 39.3 Å². The normalized spacial score (nSPS) is 31.1. The van der Waals surface area contributed by atoms with Crippen LogP contribution in [0.2, 0.25) is 5.02 Å². The quantitative estimate of drug-likeness (QED) is 0.360. The van der Waals surface area contributed by atoms with Crippen LogP contribution in [-0.2, 0) is 27.8 Å². The Balaban J connectivity index is 1.41. The van der Waals surface area contributed by atoms with Crippen molar-refractivity contribution in [3.8, 4) is 5.75 Å². The molecule has 1 aliphatic carbocycles. The summed E-state index contributed by atoms with van der Waals surface area (Å²) in [5.41, 5.74) is 2.43. The first-order valence-electron chi connectivity index (χ1n) is 15.5. The lowest BCUT2D eigenvalue weighted by atomic mass is 9.64. The Morgan fingerprint density at radius 1 is 1.05 bits per heavy atom. The van der Waals surface area contributed by atoms with Gasteiger partial charge in [-0.1, -0.05) is 30.7 Å². The summed E-state index contributed by atoms with van der Waals surface area (Å²) < 4.78 is 41.3. The van der Waals surface area contributed by atoms with Crippen LogP contribution in [-0.4, -0.2) is 50.9 Å². The lowest BCUT2D eigenvalue weighted by Gasteiger charge is -2.47. The van der Waals surface area contributed by atoms with Gasteiger partial charge in [-0.15, -0.1) is 0 Å². The van der Waals surface area contributed by atoms with Crippen molar-refractivity contribution in [2.24, 2.45) is 17.8 Å². The topological polar surface area (TPSA) is 114 Å². The first-order valence-corrected chi connectivity index (χ1v) is 17.5. The molecule has 0 unspecified atom stereocenters. The third-order valence-corrected chi connectivity index (χ3v) is 12.1. The summed E-state index contributed by atoms with van der Waals surface area (Å²) in [4.78, 5) is 28.0. The van der Waals surface area contributed by atoms with Crippen LogP contribution in [0.5, 0.6) is 5.75 Å². The molecule has 1 saturated heterocycles. The van der Waals surface area contributed by atoms with Crippen molar-refractivity contribution in [3.05, 3.63) is 70.3 Å². The number of carbonyl (C=O) groups excluding carboxylic acids is 2. The zero-order valence-electron chi connectivity index (χ0n) is 25.2. The van der Waals surface area contributed by atoms with Gasteiger partial charge in [0.15, 0.2) is 5.60 Å². The summed E-state index contributed by atoms with van der Waals surface area (Å²) >= 11 is 6.32. The number of nitrogens with one attached hydrogen (secondary N) is 2. The molecule has 0 radical (unpaired) electrons. The molecule has 2 amide bonds. The summed E-state index contributed by atoms with van der Waals surface area (Å²) in [5.74, 6) is 0.0201. The van der Waals surface area contributed by atoms with Crippen molar-refractivity contribution < 1.29 is 27.5 Å². The van der Waals surface area contributed by atoms with Crippen LogP contribution in [0.4, 0.5) is 10.5 Å². The van der Waals surface area contributed by atoms with E-state index in [1.165, 1.54) is 0 Å². The van der Waals surface area contributed by atoms with E-state index in [2.05, 4.69) is 14.9 Å². The average Bonchev–Trinajstić information content (AvgIpc) is 3.33. The number of nitrogens with zero attached hydrogens (tertiary/aromatic N) is 1. The minimum absolute atomic E-state index is 0.0995. The lowest BCUT2D eigenvalue weighted by molar-refractivity contribution is -0.0239. The van der Waals surface area contributed by atoms with Crippen LogP contribution in [0.15, 0.2) is 48.6 Å². The van der Waals surface area contributed by atoms with Gasteiger partial charge in [0, 0.05) is 29.6 Å². The molecule has 3 aliphatic heterocycles. The number of rotatable bonds is 0. The maximum Gasteiger partial charge on any atom is 0.408 e. The van der Waals surface area contributed by atoms with Crippen LogP contribution in [0, 0.1) is 17.8 Å². The van der Waals surface area contributed by atoms with E-state index in [1.807, 2.05) is 37.3 Å². The van der Waals surface area contributed by atoms with Gasteiger partial charge in [0.05, 0.1) is 17.5 Å². The second-order valence-corrected chi connectivity index (χ2v) is 15.2. The highest BCUT2D eigenvalue weighted by Gasteiger charge is 2.52. The van der Waals surface area contributed by atoms with E-state index >= 15 is 0 Å². The molecule has 2 aromatic carbocycles. The largest absolute Gasteiger partial charge is 0.487 e. The number of alkyl carbamates (subject to hydrolysis) is 1. The first kappa shape index (κ1) is 30.8. The standard InChI is InChI=1S/C33H40ClN3O6S/c1-21-6-5-14-33(20-35-32(39)43-33)28-12-9-25(28)18-37-15-4-3-7-23-16-27(34)11-8-26(23)19-42-30-13-10-24(17-29(30)37)31(38)36-44(40,41)22(21)2/h5,8,10-11,13-14,16-17,21-22,25,28H,3-4,6-7,9,12,15,18-20H2,1-2H3,(H,35,39)(H,36,38)/b14-5+/t21-,22+,25-,28+,33-/m0/s1. The third-order valence-electron chi connectivity index (χ3n) is 9.96. The first-order chi connectivity index (χ1) is 21.0. The highest BCUT2D eigenvalue weighted by atomic mass is 35.5. The highest BCUT2D eigenvalue weighted by Crippen LogP contribution is 2.47. The van der Waals surface area contributed by atoms with Crippen molar-refractivity contribution in [2.75, 3.05) is 24.5 Å². The van der Waals surface area contributed by atoms with E-state index in [9.17, 15) is 18.0 Å². The van der Waals surface area contributed by atoms with Gasteiger partial charge in [-0.25, -0.2) is 17.9 Å². The Labute approximate surface area is 264 Å². The third kappa shape index (κ3) is 6.15. The van der Waals surface area contributed by atoms with E-state index in [4.69, 9.17) is 21.1 Å². The van der Waals surface area contributed by atoms with Crippen LogP contribution in [0.3, 0.4) is 0 Å². The van der Waals surface area contributed by atoms with E-state index in [-0.39, 0.29) is 23.3 Å². The Morgan fingerprint density at radius 3 is 2.64 bits per heavy atom. The molecular weight excluding hydrogens is 602 g/mol. The minimum atomic E-state index is -3.97. The molecule has 2 fully saturated rings. The van der Waals surface area contributed by atoms with Gasteiger partial charge in [-0.05, 0) is 105 Å². The van der Waals surface area contributed by atoms with Gasteiger partial charge in [-0.3, -0.25) is 4.79 Å². The molecule has 1 spiro atoms. The van der Waals surface area contributed by atoms with Gasteiger partial charge in [0.25, 0.3) is 5.91 Å². The number of amides is 2. The molecule has 6 rings (SSSR count). The number of sulfonamides is 1. The summed E-state index contributed by atoms with van der Waals surface area (Å²) in [6.45, 7) is 5.58. The van der Waals surface area contributed by atoms with Crippen LogP contribution in [0.1, 0.15) is 67.4 Å². The number of halogens is 1. The van der Waals surface area contributed by atoms with Gasteiger partial charge in [0.2, 0.25) is 10.0 Å². The fraction of sp³-hybridized carbons (Fsp3) is 0.515. The van der Waals surface area contributed by atoms with Crippen molar-refractivity contribution in [1.82, 2.24) is 10.0 Å². The number of ether oxygens (including phenoxy) is 2. The van der Waals surface area contributed by atoms with Crippen molar-refractivity contribution in [2.45, 2.75) is 69.8 Å². The zero-order valence-corrected chi connectivity index (χ0v) is 26.8. The zero-order chi connectivity index (χ0) is 31.1. The van der Waals surface area contributed by atoms with Gasteiger partial charge in [0.1, 0.15) is 12.4 Å². The molecule has 0 aromatic heterocycles. The number of aryl methyl sites for hydroxylation is 1. The maximum atomic E-state index is 13.4. The molecule has 4 aliphatic rings. The SMILES string of the molecule is C[C@@H]1[C@@H](C)C/C=C/[C@]2(CNC(=O)O2)[C@@H]2CC[C@H]2CN2CCCCc3cc(Cl)ccc3COc3ccc(cc32)C(=O)NS1(=O)=O. The summed E-state index contributed by atoms with van der Waals surface area (Å²) in [7, 11) is -3.97. The minimum Gasteiger partial charge on any atom is -0.487 e. The molecule has 236 valence electrons. The number of carbonyl (C=O) groups is 2. The molecule has 44 heavy (non-hydrogen) atoms.